The Hall–Kier alpha value is -3.62. The molecule has 1 aliphatic heterocycles. The molecule has 4 N–H and O–H groups in total. The molecule has 35 heavy (non-hydrogen) atoms. The Morgan fingerprint density at radius 2 is 1.26 bits per heavy atom. The van der Waals surface area contributed by atoms with Gasteiger partial charge in [0, 0.05) is 57.8 Å². The van der Waals surface area contributed by atoms with Crippen LogP contribution in [0.3, 0.4) is 0 Å². The van der Waals surface area contributed by atoms with E-state index in [0.717, 1.165) is 0 Å². The van der Waals surface area contributed by atoms with E-state index in [0.29, 0.717) is 44.8 Å². The highest BCUT2D eigenvalue weighted by Crippen LogP contribution is 2.13. The Kier molecular flexibility index (Phi) is 10.5. The maximum Gasteiger partial charge on any atom is 0.326 e. The van der Waals surface area contributed by atoms with Gasteiger partial charge in [-0.15, -0.1) is 0 Å². The molecule has 0 bridgehead atoms. The van der Waals surface area contributed by atoms with Crippen LogP contribution < -0.4 is 5.32 Å². The molecule has 1 unspecified atom stereocenters. The highest BCUT2D eigenvalue weighted by Gasteiger charge is 2.24. The average molecular weight is 495 g/mol. The number of aliphatic carboxylic acids is 3. The first-order valence-corrected chi connectivity index (χ1v) is 10.9. The number of nitrogens with one attached hydrogen (secondary N) is 1. The molecule has 1 fully saturated rings. The fraction of sp³-hybridized carbons (Fsp3) is 0.524. The minimum absolute atomic E-state index is 0.0716. The van der Waals surface area contributed by atoms with Crippen molar-refractivity contribution < 1.29 is 39.4 Å². The molecule has 1 aromatic rings. The van der Waals surface area contributed by atoms with Gasteiger partial charge in [-0.25, -0.2) is 4.79 Å². The van der Waals surface area contributed by atoms with E-state index in [1.54, 1.807) is 14.7 Å². The molecule has 0 saturated carbocycles. The lowest BCUT2D eigenvalue weighted by Gasteiger charge is -2.25. The van der Waals surface area contributed by atoms with E-state index in [2.05, 4.69) is 5.32 Å². The maximum absolute atomic E-state index is 12.6. The van der Waals surface area contributed by atoms with Crippen LogP contribution in [-0.2, 0) is 25.6 Å². The van der Waals surface area contributed by atoms with Gasteiger partial charge in [-0.2, -0.15) is 0 Å². The van der Waals surface area contributed by atoms with Crippen molar-refractivity contribution in [2.24, 2.45) is 0 Å². The lowest BCUT2D eigenvalue weighted by molar-refractivity contribution is -0.384. The zero-order valence-electron chi connectivity index (χ0n) is 19.0. The van der Waals surface area contributed by atoms with Crippen LogP contribution in [0.1, 0.15) is 5.56 Å². The van der Waals surface area contributed by atoms with Crippen LogP contribution in [0.15, 0.2) is 24.3 Å². The third-order valence-corrected chi connectivity index (χ3v) is 5.50. The lowest BCUT2D eigenvalue weighted by atomic mass is 10.1. The fourth-order valence-corrected chi connectivity index (χ4v) is 3.67. The quantitative estimate of drug-likeness (QED) is 0.212. The number of carbonyl (C=O) groups excluding carboxylic acids is 1. The van der Waals surface area contributed by atoms with Gasteiger partial charge in [-0.1, -0.05) is 12.1 Å². The summed E-state index contributed by atoms with van der Waals surface area (Å²) in [6.07, 6.45) is -0.0716. The van der Waals surface area contributed by atoms with Gasteiger partial charge in [0.1, 0.15) is 6.04 Å². The van der Waals surface area contributed by atoms with Gasteiger partial charge in [-0.3, -0.25) is 39.2 Å². The minimum Gasteiger partial charge on any atom is -0.480 e. The number of carboxylic acid groups (broad SMARTS) is 3. The molecule has 0 aliphatic carbocycles. The number of benzene rings is 1. The average Bonchev–Trinajstić information content (AvgIpc) is 2.85. The van der Waals surface area contributed by atoms with Crippen LogP contribution in [-0.4, -0.2) is 124 Å². The first kappa shape index (κ1) is 27.6. The van der Waals surface area contributed by atoms with Crippen LogP contribution in [0.4, 0.5) is 5.69 Å². The summed E-state index contributed by atoms with van der Waals surface area (Å²) in [6, 6.07) is 4.11. The lowest BCUT2D eigenvalue weighted by Crippen LogP contribution is -2.48. The second-order valence-corrected chi connectivity index (χ2v) is 8.20. The Morgan fingerprint density at radius 1 is 0.829 bits per heavy atom. The van der Waals surface area contributed by atoms with Gasteiger partial charge in [0.2, 0.25) is 5.91 Å². The first-order chi connectivity index (χ1) is 16.5. The summed E-state index contributed by atoms with van der Waals surface area (Å²) in [6.45, 7) is 1.45. The van der Waals surface area contributed by atoms with Crippen LogP contribution in [0.25, 0.3) is 0 Å². The van der Waals surface area contributed by atoms with Crippen LogP contribution in [0.2, 0.25) is 0 Å². The number of hydrogen-bond donors (Lipinski definition) is 4. The van der Waals surface area contributed by atoms with Crippen LogP contribution in [0.5, 0.6) is 0 Å². The summed E-state index contributed by atoms with van der Waals surface area (Å²) < 4.78 is 0. The monoisotopic (exact) mass is 495 g/mol. The largest absolute Gasteiger partial charge is 0.480 e. The van der Waals surface area contributed by atoms with Crippen molar-refractivity contribution >= 4 is 29.5 Å². The Labute approximate surface area is 200 Å². The van der Waals surface area contributed by atoms with Crippen molar-refractivity contribution in [1.82, 2.24) is 20.0 Å². The predicted molar refractivity (Wildman–Crippen MR) is 121 cm³/mol. The van der Waals surface area contributed by atoms with Gasteiger partial charge in [0.15, 0.2) is 0 Å². The molecule has 0 radical (unpaired) electrons. The molecule has 0 spiro atoms. The van der Waals surface area contributed by atoms with Crippen molar-refractivity contribution in [3.05, 3.63) is 39.9 Å². The van der Waals surface area contributed by atoms with Crippen molar-refractivity contribution in [3.63, 3.8) is 0 Å². The molecule has 1 aliphatic rings. The summed E-state index contributed by atoms with van der Waals surface area (Å²) in [7, 11) is 0. The van der Waals surface area contributed by atoms with Crippen molar-refractivity contribution in [2.45, 2.75) is 12.5 Å². The van der Waals surface area contributed by atoms with Gasteiger partial charge < -0.3 is 20.6 Å². The number of carbonyl (C=O) groups is 4. The van der Waals surface area contributed by atoms with Gasteiger partial charge in [0.05, 0.1) is 24.6 Å². The number of hydrogen-bond acceptors (Lipinski definition) is 9. The fourth-order valence-electron chi connectivity index (χ4n) is 3.67. The standard InChI is InChI=1S/C21H29N5O9/c27-18(22-17(21(32)33)11-15-1-3-16(4-2-15)26(34)35)12-23-5-7-24(13-19(28)29)9-10-25(8-6-23)14-20(30)31/h1-4,17H,5-14H2,(H,22,27)(H,28,29)(H,30,31)(H,32,33). The van der Waals surface area contributed by atoms with E-state index in [1.807, 2.05) is 0 Å². The van der Waals surface area contributed by atoms with E-state index in [9.17, 15) is 34.4 Å². The summed E-state index contributed by atoms with van der Waals surface area (Å²) in [5.74, 6) is -3.86. The first-order valence-electron chi connectivity index (χ1n) is 10.9. The van der Waals surface area contributed by atoms with Crippen LogP contribution >= 0.6 is 0 Å². The van der Waals surface area contributed by atoms with Gasteiger partial charge in [-0.05, 0) is 5.56 Å². The molecular weight excluding hydrogens is 466 g/mol. The van der Waals surface area contributed by atoms with E-state index in [-0.39, 0.29) is 31.7 Å². The predicted octanol–water partition coefficient (Wildman–Crippen LogP) is -1.20. The zero-order chi connectivity index (χ0) is 26.0. The Balaban J connectivity index is 2.01. The summed E-state index contributed by atoms with van der Waals surface area (Å²) in [5.41, 5.74) is 0.367. The SMILES string of the molecule is O=C(O)CN1CCN(CC(=O)O)CCN(CC(=O)NC(Cc2ccc([N+](=O)[O-])cc2)C(=O)O)CC1. The molecule has 1 aromatic carbocycles. The Bertz CT molecular complexity index is 896. The number of amides is 1. The minimum atomic E-state index is -1.26. The topological polar surface area (TPSA) is 194 Å². The van der Waals surface area contributed by atoms with Crippen molar-refractivity contribution in [1.29, 1.82) is 0 Å². The third kappa shape index (κ3) is 10.0. The molecule has 0 aromatic heterocycles. The molecule has 14 nitrogen and oxygen atoms in total. The van der Waals surface area contributed by atoms with Crippen molar-refractivity contribution in [2.75, 3.05) is 58.9 Å². The van der Waals surface area contributed by atoms with E-state index in [4.69, 9.17) is 10.2 Å². The van der Waals surface area contributed by atoms with Gasteiger partial charge >= 0.3 is 17.9 Å². The van der Waals surface area contributed by atoms with Crippen molar-refractivity contribution in [3.8, 4) is 0 Å². The summed E-state index contributed by atoms with van der Waals surface area (Å²) >= 11 is 0. The highest BCUT2D eigenvalue weighted by molar-refractivity contribution is 5.84. The number of nitrogens with zero attached hydrogens (tertiary/aromatic N) is 4. The zero-order valence-corrected chi connectivity index (χ0v) is 19.0. The molecule has 2 rings (SSSR count). The number of non-ortho nitro benzene ring substituents is 1. The van der Waals surface area contributed by atoms with E-state index >= 15 is 0 Å². The Morgan fingerprint density at radius 3 is 1.63 bits per heavy atom. The third-order valence-electron chi connectivity index (χ3n) is 5.50. The molecular formula is C21H29N5O9. The number of rotatable bonds is 11. The molecule has 1 saturated heterocycles. The van der Waals surface area contributed by atoms with E-state index < -0.39 is 34.8 Å². The highest BCUT2D eigenvalue weighted by atomic mass is 16.6. The molecule has 1 atom stereocenters. The number of nitro benzene ring substituents is 1. The molecule has 192 valence electrons. The summed E-state index contributed by atoms with van der Waals surface area (Å²) in [4.78, 5) is 61.8. The van der Waals surface area contributed by atoms with Gasteiger partial charge in [0.25, 0.3) is 5.69 Å². The smallest absolute Gasteiger partial charge is 0.326 e. The molecule has 1 amide bonds. The molecule has 14 heteroatoms. The molecule has 1 heterocycles. The maximum atomic E-state index is 12.6. The number of carboxylic acids is 3. The summed E-state index contributed by atoms with van der Waals surface area (Å²) in [5, 5.41) is 41.0. The van der Waals surface area contributed by atoms with Crippen LogP contribution in [0, 0.1) is 10.1 Å². The number of nitro groups is 1. The second-order valence-electron chi connectivity index (χ2n) is 8.20. The van der Waals surface area contributed by atoms with E-state index in [1.165, 1.54) is 24.3 Å². The normalized spacial score (nSPS) is 16.9. The second kappa shape index (κ2) is 13.3.